The van der Waals surface area contributed by atoms with Crippen molar-refractivity contribution < 1.29 is 9.53 Å². The van der Waals surface area contributed by atoms with E-state index in [9.17, 15) is 4.79 Å². The summed E-state index contributed by atoms with van der Waals surface area (Å²) in [5.74, 6) is 0.768. The third-order valence-electron chi connectivity index (χ3n) is 5.32. The van der Waals surface area contributed by atoms with Gasteiger partial charge in [0.1, 0.15) is 11.4 Å². The van der Waals surface area contributed by atoms with Crippen LogP contribution < -0.4 is 4.74 Å². The van der Waals surface area contributed by atoms with E-state index in [4.69, 9.17) is 4.74 Å². The fourth-order valence-electron chi connectivity index (χ4n) is 3.71. The number of nitrogens with one attached hydrogen (secondary N) is 1. The molecule has 0 aliphatic carbocycles. The zero-order chi connectivity index (χ0) is 20.2. The number of H-pyrrole nitrogens is 1. The summed E-state index contributed by atoms with van der Waals surface area (Å²) in [7, 11) is 1.64. The second-order valence-corrected chi connectivity index (χ2v) is 7.46. The Kier molecular flexibility index (Phi) is 5.62. The van der Waals surface area contributed by atoms with E-state index in [0.29, 0.717) is 5.69 Å². The van der Waals surface area contributed by atoms with Crippen LogP contribution in [0.25, 0.3) is 11.3 Å². The summed E-state index contributed by atoms with van der Waals surface area (Å²) in [5.41, 5.74) is 4.78. The van der Waals surface area contributed by atoms with E-state index in [1.807, 2.05) is 35.2 Å². The SMILES string of the molecule is COc1cccc(-c2cc(C(=O)N3CCN(Cc4cccc(C)c4)CC3)[nH]n2)c1. The van der Waals surface area contributed by atoms with Crippen molar-refractivity contribution in [3.05, 3.63) is 71.4 Å². The molecule has 0 atom stereocenters. The second-order valence-electron chi connectivity index (χ2n) is 7.46. The Morgan fingerprint density at radius 1 is 1.07 bits per heavy atom. The number of nitrogens with zero attached hydrogens (tertiary/aromatic N) is 3. The number of methoxy groups -OCH3 is 1. The van der Waals surface area contributed by atoms with Crippen LogP contribution in [0, 0.1) is 6.92 Å². The number of carbonyl (C=O) groups excluding carboxylic acids is 1. The lowest BCUT2D eigenvalue weighted by Crippen LogP contribution is -2.48. The van der Waals surface area contributed by atoms with Gasteiger partial charge in [-0.15, -0.1) is 0 Å². The van der Waals surface area contributed by atoms with Crippen molar-refractivity contribution in [2.45, 2.75) is 13.5 Å². The van der Waals surface area contributed by atoms with Gasteiger partial charge in [0.05, 0.1) is 12.8 Å². The molecule has 29 heavy (non-hydrogen) atoms. The zero-order valence-electron chi connectivity index (χ0n) is 16.9. The molecule has 150 valence electrons. The van der Waals surface area contributed by atoms with E-state index in [1.165, 1.54) is 11.1 Å². The van der Waals surface area contributed by atoms with E-state index in [-0.39, 0.29) is 5.91 Å². The van der Waals surface area contributed by atoms with Gasteiger partial charge >= 0.3 is 0 Å². The number of benzene rings is 2. The molecule has 1 aromatic heterocycles. The Labute approximate surface area is 171 Å². The minimum absolute atomic E-state index is 0.00171. The summed E-state index contributed by atoms with van der Waals surface area (Å²) in [6.07, 6.45) is 0. The summed E-state index contributed by atoms with van der Waals surface area (Å²) < 4.78 is 5.27. The van der Waals surface area contributed by atoms with E-state index in [0.717, 1.165) is 49.7 Å². The van der Waals surface area contributed by atoms with Gasteiger partial charge in [-0.25, -0.2) is 0 Å². The average molecular weight is 390 g/mol. The van der Waals surface area contributed by atoms with Gasteiger partial charge in [0.15, 0.2) is 0 Å². The second kappa shape index (κ2) is 8.49. The molecule has 2 heterocycles. The minimum atomic E-state index is 0.00171. The first-order valence-electron chi connectivity index (χ1n) is 9.89. The lowest BCUT2D eigenvalue weighted by molar-refractivity contribution is 0.0622. The molecular formula is C23H26N4O2. The van der Waals surface area contributed by atoms with Crippen molar-refractivity contribution in [2.24, 2.45) is 0 Å². The summed E-state index contributed by atoms with van der Waals surface area (Å²) in [5, 5.41) is 7.22. The Hall–Kier alpha value is -3.12. The first-order chi connectivity index (χ1) is 14.1. The van der Waals surface area contributed by atoms with Crippen molar-refractivity contribution in [3.63, 3.8) is 0 Å². The number of amides is 1. The Morgan fingerprint density at radius 2 is 1.86 bits per heavy atom. The smallest absolute Gasteiger partial charge is 0.271 e. The van der Waals surface area contributed by atoms with Crippen molar-refractivity contribution in [1.82, 2.24) is 20.0 Å². The van der Waals surface area contributed by atoms with Crippen LogP contribution in [0.4, 0.5) is 0 Å². The van der Waals surface area contributed by atoms with Gasteiger partial charge in [-0.2, -0.15) is 5.10 Å². The number of carbonyl (C=O) groups is 1. The predicted octanol–water partition coefficient (Wildman–Crippen LogP) is 3.35. The minimum Gasteiger partial charge on any atom is -0.497 e. The first-order valence-corrected chi connectivity index (χ1v) is 9.89. The largest absolute Gasteiger partial charge is 0.497 e. The number of rotatable bonds is 5. The summed E-state index contributed by atoms with van der Waals surface area (Å²) >= 11 is 0. The average Bonchev–Trinajstić information content (AvgIpc) is 3.24. The first kappa shape index (κ1) is 19.2. The highest BCUT2D eigenvalue weighted by Crippen LogP contribution is 2.23. The molecule has 6 heteroatoms. The molecule has 0 bridgehead atoms. The van der Waals surface area contributed by atoms with Crippen LogP contribution in [-0.4, -0.2) is 59.2 Å². The van der Waals surface area contributed by atoms with Gasteiger partial charge in [0.25, 0.3) is 5.91 Å². The lowest BCUT2D eigenvalue weighted by Gasteiger charge is -2.34. The monoisotopic (exact) mass is 390 g/mol. The van der Waals surface area contributed by atoms with Gasteiger partial charge in [-0.3, -0.25) is 14.8 Å². The molecule has 1 amide bonds. The number of piperazine rings is 1. The van der Waals surface area contributed by atoms with Crippen molar-refractivity contribution in [2.75, 3.05) is 33.3 Å². The van der Waals surface area contributed by atoms with E-state index >= 15 is 0 Å². The van der Waals surface area contributed by atoms with Crippen LogP contribution in [0.1, 0.15) is 21.6 Å². The Morgan fingerprint density at radius 3 is 2.62 bits per heavy atom. The molecule has 3 aromatic rings. The fraction of sp³-hybridized carbons (Fsp3) is 0.304. The van der Waals surface area contributed by atoms with Crippen LogP contribution in [0.3, 0.4) is 0 Å². The quantitative estimate of drug-likeness (QED) is 0.726. The van der Waals surface area contributed by atoms with Crippen LogP contribution >= 0.6 is 0 Å². The van der Waals surface area contributed by atoms with Crippen molar-refractivity contribution >= 4 is 5.91 Å². The van der Waals surface area contributed by atoms with Gasteiger partial charge in [0, 0.05) is 38.3 Å². The number of aromatic amines is 1. The number of hydrogen-bond donors (Lipinski definition) is 1. The highest BCUT2D eigenvalue weighted by atomic mass is 16.5. The summed E-state index contributed by atoms with van der Waals surface area (Å²) in [6, 6.07) is 18.1. The van der Waals surface area contributed by atoms with Gasteiger partial charge in [-0.05, 0) is 30.7 Å². The Balaban J connectivity index is 1.37. The molecule has 0 saturated carbocycles. The van der Waals surface area contributed by atoms with Gasteiger partial charge in [-0.1, -0.05) is 42.0 Å². The van der Waals surface area contributed by atoms with E-state index < -0.39 is 0 Å². The molecule has 2 aromatic carbocycles. The van der Waals surface area contributed by atoms with Gasteiger partial charge in [0.2, 0.25) is 0 Å². The van der Waals surface area contributed by atoms with Crippen molar-refractivity contribution in [3.8, 4) is 17.0 Å². The fourth-order valence-corrected chi connectivity index (χ4v) is 3.71. The molecule has 1 saturated heterocycles. The number of aromatic nitrogens is 2. The zero-order valence-corrected chi connectivity index (χ0v) is 16.9. The highest BCUT2D eigenvalue weighted by Gasteiger charge is 2.23. The standard InChI is InChI=1S/C23H26N4O2/c1-17-5-3-6-18(13-17)16-26-9-11-27(12-10-26)23(28)22-15-21(24-25-22)19-7-4-8-20(14-19)29-2/h3-8,13-15H,9-12,16H2,1-2H3,(H,24,25). The maximum absolute atomic E-state index is 12.9. The molecule has 0 spiro atoms. The third kappa shape index (κ3) is 4.49. The molecule has 1 aliphatic rings. The number of aryl methyl sites for hydroxylation is 1. The number of hydrogen-bond acceptors (Lipinski definition) is 4. The maximum atomic E-state index is 12.9. The van der Waals surface area contributed by atoms with Crippen LogP contribution in [-0.2, 0) is 6.54 Å². The van der Waals surface area contributed by atoms with E-state index in [2.05, 4.69) is 46.3 Å². The molecule has 0 unspecified atom stereocenters. The molecule has 6 nitrogen and oxygen atoms in total. The van der Waals surface area contributed by atoms with Crippen LogP contribution in [0.5, 0.6) is 5.75 Å². The number of ether oxygens (including phenoxy) is 1. The molecule has 1 N–H and O–H groups in total. The lowest BCUT2D eigenvalue weighted by atomic mass is 10.1. The predicted molar refractivity (Wildman–Crippen MR) is 113 cm³/mol. The summed E-state index contributed by atoms with van der Waals surface area (Å²) in [6.45, 7) is 6.22. The molecule has 1 aliphatic heterocycles. The molecular weight excluding hydrogens is 364 g/mol. The Bertz CT molecular complexity index is 990. The summed E-state index contributed by atoms with van der Waals surface area (Å²) in [4.78, 5) is 17.2. The van der Waals surface area contributed by atoms with Crippen molar-refractivity contribution in [1.29, 1.82) is 0 Å². The molecule has 1 fully saturated rings. The normalized spacial score (nSPS) is 14.8. The van der Waals surface area contributed by atoms with Crippen LogP contribution in [0.15, 0.2) is 54.6 Å². The maximum Gasteiger partial charge on any atom is 0.271 e. The van der Waals surface area contributed by atoms with Crippen LogP contribution in [0.2, 0.25) is 0 Å². The van der Waals surface area contributed by atoms with Gasteiger partial charge < -0.3 is 9.64 Å². The highest BCUT2D eigenvalue weighted by molar-refractivity contribution is 5.93. The topological polar surface area (TPSA) is 61.5 Å². The molecule has 0 radical (unpaired) electrons. The third-order valence-corrected chi connectivity index (χ3v) is 5.32. The molecule has 4 rings (SSSR count). The van der Waals surface area contributed by atoms with E-state index in [1.54, 1.807) is 7.11 Å².